The zero-order chi connectivity index (χ0) is 20.0. The molecule has 2 rings (SSSR count). The lowest BCUT2D eigenvalue weighted by Crippen LogP contribution is -2.38. The molecule has 7 nitrogen and oxygen atoms in total. The Morgan fingerprint density at radius 2 is 1.93 bits per heavy atom. The number of guanidine groups is 1. The molecule has 1 aliphatic rings. The highest BCUT2D eigenvalue weighted by molar-refractivity contribution is 5.79. The van der Waals surface area contributed by atoms with Crippen molar-refractivity contribution in [2.75, 3.05) is 46.0 Å². The summed E-state index contributed by atoms with van der Waals surface area (Å²) < 4.78 is 10.4. The smallest absolute Gasteiger partial charge is 0.305 e. The summed E-state index contributed by atoms with van der Waals surface area (Å²) in [4.78, 5) is 18.6. The average molecular weight is 391 g/mol. The molecule has 28 heavy (non-hydrogen) atoms. The molecule has 1 fully saturated rings. The molecule has 7 heteroatoms. The molecule has 156 valence electrons. The third-order valence-corrected chi connectivity index (χ3v) is 4.52. The van der Waals surface area contributed by atoms with Gasteiger partial charge in [-0.15, -0.1) is 0 Å². The first-order valence-electron chi connectivity index (χ1n) is 10.3. The van der Waals surface area contributed by atoms with Gasteiger partial charge < -0.3 is 20.1 Å². The number of aliphatic imine (C=N–C) groups is 1. The fourth-order valence-corrected chi connectivity index (χ4v) is 3.04. The summed E-state index contributed by atoms with van der Waals surface area (Å²) >= 11 is 0. The fraction of sp³-hybridized carbons (Fsp3) is 0.619. The predicted octanol–water partition coefficient (Wildman–Crippen LogP) is 1.92. The Bertz CT molecular complexity index is 615. The molecule has 0 unspecified atom stereocenters. The van der Waals surface area contributed by atoms with E-state index in [9.17, 15) is 4.79 Å². The lowest BCUT2D eigenvalue weighted by molar-refractivity contribution is -0.143. The van der Waals surface area contributed by atoms with Crippen molar-refractivity contribution < 1.29 is 14.3 Å². The predicted molar refractivity (Wildman–Crippen MR) is 111 cm³/mol. The van der Waals surface area contributed by atoms with E-state index in [1.54, 1.807) is 0 Å². The number of rotatable bonds is 10. The van der Waals surface area contributed by atoms with Gasteiger partial charge in [-0.1, -0.05) is 24.3 Å². The number of esters is 1. The molecule has 0 bridgehead atoms. The Hall–Kier alpha value is -2.12. The molecule has 0 saturated carbocycles. The Balaban J connectivity index is 1.88. The number of nitrogens with zero attached hydrogens (tertiary/aromatic N) is 2. The molecule has 0 radical (unpaired) electrons. The van der Waals surface area contributed by atoms with Crippen LogP contribution in [0.2, 0.25) is 0 Å². The van der Waals surface area contributed by atoms with Crippen LogP contribution < -0.4 is 10.6 Å². The van der Waals surface area contributed by atoms with E-state index in [0.29, 0.717) is 26.1 Å². The summed E-state index contributed by atoms with van der Waals surface area (Å²) in [5, 5.41) is 6.56. The maximum atomic E-state index is 11.4. The molecule has 1 aromatic carbocycles. The van der Waals surface area contributed by atoms with Crippen molar-refractivity contribution in [3.8, 4) is 0 Å². The van der Waals surface area contributed by atoms with Crippen LogP contribution in [0.1, 0.15) is 37.8 Å². The molecule has 0 aromatic heterocycles. The summed E-state index contributed by atoms with van der Waals surface area (Å²) in [6, 6.07) is 8.47. The molecular formula is C21H34N4O3. The summed E-state index contributed by atoms with van der Waals surface area (Å²) in [6.07, 6.45) is 1.14. The van der Waals surface area contributed by atoms with Crippen LogP contribution in [0.3, 0.4) is 0 Å². The van der Waals surface area contributed by atoms with E-state index in [0.717, 1.165) is 51.8 Å². The summed E-state index contributed by atoms with van der Waals surface area (Å²) in [6.45, 7) is 10.9. The molecule has 1 aliphatic heterocycles. The molecule has 0 atom stereocenters. The minimum absolute atomic E-state index is 0.150. The highest BCUT2D eigenvalue weighted by Gasteiger charge is 2.12. The van der Waals surface area contributed by atoms with Crippen LogP contribution in [0.15, 0.2) is 29.3 Å². The average Bonchev–Trinajstić information content (AvgIpc) is 2.71. The third-order valence-electron chi connectivity index (χ3n) is 4.52. The van der Waals surface area contributed by atoms with Crippen LogP contribution in [-0.2, 0) is 27.4 Å². The second kappa shape index (κ2) is 13.1. The van der Waals surface area contributed by atoms with Crippen molar-refractivity contribution in [3.05, 3.63) is 35.4 Å². The van der Waals surface area contributed by atoms with Gasteiger partial charge in [-0.05, 0) is 31.4 Å². The van der Waals surface area contributed by atoms with Crippen molar-refractivity contribution in [3.63, 3.8) is 0 Å². The number of carbonyl (C=O) groups excluding carboxylic acids is 1. The Kier molecular flexibility index (Phi) is 10.4. The van der Waals surface area contributed by atoms with Gasteiger partial charge in [0.25, 0.3) is 0 Å². The van der Waals surface area contributed by atoms with Crippen LogP contribution in [-0.4, -0.2) is 62.8 Å². The minimum atomic E-state index is -0.150. The Labute approximate surface area is 168 Å². The van der Waals surface area contributed by atoms with Crippen molar-refractivity contribution in [2.24, 2.45) is 4.99 Å². The second-order valence-corrected chi connectivity index (χ2v) is 6.69. The standard InChI is InChI=1S/C21H34N4O3/c1-3-22-21(23-11-7-10-20(26)28-4-2)24-16-18-8-5-6-9-19(18)17-25-12-14-27-15-13-25/h5-6,8-9H,3-4,7,10-17H2,1-2H3,(H2,22,23,24). The molecule has 0 aliphatic carbocycles. The van der Waals surface area contributed by atoms with Gasteiger partial charge in [-0.25, -0.2) is 4.99 Å². The highest BCUT2D eigenvalue weighted by Crippen LogP contribution is 2.14. The maximum Gasteiger partial charge on any atom is 0.305 e. The zero-order valence-corrected chi connectivity index (χ0v) is 17.2. The lowest BCUT2D eigenvalue weighted by atomic mass is 10.1. The van der Waals surface area contributed by atoms with Gasteiger partial charge in [0.15, 0.2) is 5.96 Å². The first kappa shape index (κ1) is 22.2. The van der Waals surface area contributed by atoms with E-state index in [2.05, 4.69) is 39.8 Å². The van der Waals surface area contributed by atoms with Crippen LogP contribution in [0.25, 0.3) is 0 Å². The van der Waals surface area contributed by atoms with E-state index in [-0.39, 0.29) is 5.97 Å². The van der Waals surface area contributed by atoms with E-state index in [1.165, 1.54) is 11.1 Å². The van der Waals surface area contributed by atoms with E-state index in [1.807, 2.05) is 13.8 Å². The molecule has 1 saturated heterocycles. The number of benzene rings is 1. The largest absolute Gasteiger partial charge is 0.466 e. The maximum absolute atomic E-state index is 11.4. The normalized spacial score (nSPS) is 15.3. The van der Waals surface area contributed by atoms with Gasteiger partial charge in [0.05, 0.1) is 26.4 Å². The number of hydrogen-bond acceptors (Lipinski definition) is 5. The second-order valence-electron chi connectivity index (χ2n) is 6.69. The first-order valence-corrected chi connectivity index (χ1v) is 10.3. The fourth-order valence-electron chi connectivity index (χ4n) is 3.04. The molecule has 1 aromatic rings. The van der Waals surface area contributed by atoms with Crippen LogP contribution in [0.4, 0.5) is 0 Å². The zero-order valence-electron chi connectivity index (χ0n) is 17.2. The number of nitrogens with one attached hydrogen (secondary N) is 2. The third kappa shape index (κ3) is 8.27. The van der Waals surface area contributed by atoms with Gasteiger partial charge >= 0.3 is 5.97 Å². The summed E-state index contributed by atoms with van der Waals surface area (Å²) in [7, 11) is 0. The van der Waals surface area contributed by atoms with Crippen molar-refractivity contribution in [1.29, 1.82) is 0 Å². The summed E-state index contributed by atoms with van der Waals surface area (Å²) in [5.74, 6) is 0.621. The molecule has 1 heterocycles. The quantitative estimate of drug-likeness (QED) is 0.275. The topological polar surface area (TPSA) is 75.2 Å². The number of hydrogen-bond donors (Lipinski definition) is 2. The molecule has 2 N–H and O–H groups in total. The molecule has 0 amide bonds. The molecular weight excluding hydrogens is 356 g/mol. The SMILES string of the molecule is CCNC(=NCc1ccccc1CN1CCOCC1)NCCCC(=O)OCC. The van der Waals surface area contributed by atoms with Crippen LogP contribution >= 0.6 is 0 Å². The number of morpholine rings is 1. The van der Waals surface area contributed by atoms with E-state index >= 15 is 0 Å². The van der Waals surface area contributed by atoms with Crippen molar-refractivity contribution >= 4 is 11.9 Å². The van der Waals surface area contributed by atoms with Gasteiger partial charge in [0.2, 0.25) is 0 Å². The lowest BCUT2D eigenvalue weighted by Gasteiger charge is -2.27. The van der Waals surface area contributed by atoms with E-state index < -0.39 is 0 Å². The van der Waals surface area contributed by atoms with Crippen LogP contribution in [0.5, 0.6) is 0 Å². The highest BCUT2D eigenvalue weighted by atomic mass is 16.5. The van der Waals surface area contributed by atoms with Crippen LogP contribution in [0, 0.1) is 0 Å². The number of ether oxygens (including phenoxy) is 2. The monoisotopic (exact) mass is 390 g/mol. The van der Waals surface area contributed by atoms with Crippen molar-refractivity contribution in [1.82, 2.24) is 15.5 Å². The minimum Gasteiger partial charge on any atom is -0.466 e. The molecule has 0 spiro atoms. The Morgan fingerprint density at radius 3 is 2.64 bits per heavy atom. The number of carbonyl (C=O) groups is 1. The first-order chi connectivity index (χ1) is 13.7. The van der Waals surface area contributed by atoms with Gasteiger partial charge in [-0.3, -0.25) is 9.69 Å². The van der Waals surface area contributed by atoms with Gasteiger partial charge in [0, 0.05) is 39.1 Å². The van der Waals surface area contributed by atoms with Gasteiger partial charge in [-0.2, -0.15) is 0 Å². The summed E-state index contributed by atoms with van der Waals surface area (Å²) in [5.41, 5.74) is 2.55. The van der Waals surface area contributed by atoms with E-state index in [4.69, 9.17) is 14.5 Å². The van der Waals surface area contributed by atoms with Gasteiger partial charge in [0.1, 0.15) is 0 Å². The Morgan fingerprint density at radius 1 is 1.18 bits per heavy atom. The van der Waals surface area contributed by atoms with Crippen molar-refractivity contribution in [2.45, 2.75) is 39.8 Å².